The molecule has 1 aromatic rings. The monoisotopic (exact) mass is 220 g/mol. The van der Waals surface area contributed by atoms with Crippen molar-refractivity contribution in [1.82, 2.24) is 4.98 Å². The molecule has 0 aliphatic carbocycles. The topological polar surface area (TPSA) is 66.0 Å². The van der Waals surface area contributed by atoms with E-state index in [1.54, 1.807) is 12.3 Å². The number of pyridine rings is 1. The van der Waals surface area contributed by atoms with Gasteiger partial charge >= 0.3 is 0 Å². The highest BCUT2D eigenvalue weighted by atomic mass is 15.2. The van der Waals surface area contributed by atoms with E-state index >= 15 is 0 Å². The summed E-state index contributed by atoms with van der Waals surface area (Å²) in [4.78, 5) is 6.33. The zero-order valence-electron chi connectivity index (χ0n) is 10.4. The largest absolute Gasteiger partial charge is 0.384 e. The average molecular weight is 220 g/mol. The van der Waals surface area contributed by atoms with E-state index < -0.39 is 0 Å². The van der Waals surface area contributed by atoms with Crippen molar-refractivity contribution in [3.05, 3.63) is 23.9 Å². The molecule has 4 nitrogen and oxygen atoms in total. The first kappa shape index (κ1) is 12.5. The molecule has 0 fully saturated rings. The second-order valence-electron chi connectivity index (χ2n) is 5.20. The standard InChI is InChI=1S/C12H20N4/c1-12(2,3)8-16(4)11-9(10(13)14)6-5-7-15-11/h5-7H,8H2,1-4H3,(H3,13,14). The Hall–Kier alpha value is -1.58. The Morgan fingerprint density at radius 1 is 1.50 bits per heavy atom. The molecule has 0 unspecified atom stereocenters. The smallest absolute Gasteiger partial charge is 0.139 e. The molecule has 0 aliphatic rings. The van der Waals surface area contributed by atoms with Gasteiger partial charge in [-0.1, -0.05) is 20.8 Å². The van der Waals surface area contributed by atoms with E-state index in [0.29, 0.717) is 5.56 Å². The van der Waals surface area contributed by atoms with E-state index in [9.17, 15) is 0 Å². The molecule has 0 atom stereocenters. The second-order valence-corrected chi connectivity index (χ2v) is 5.20. The third-order valence-corrected chi connectivity index (χ3v) is 2.15. The molecule has 0 amide bonds. The Bertz CT molecular complexity index is 379. The predicted octanol–water partition coefficient (Wildman–Crippen LogP) is 1.85. The van der Waals surface area contributed by atoms with Crippen molar-refractivity contribution in [1.29, 1.82) is 5.41 Å². The lowest BCUT2D eigenvalue weighted by atomic mass is 9.96. The molecule has 1 heterocycles. The molecule has 0 aromatic carbocycles. The van der Waals surface area contributed by atoms with E-state index in [1.165, 1.54) is 0 Å². The van der Waals surface area contributed by atoms with Crippen LogP contribution in [-0.4, -0.2) is 24.4 Å². The maximum absolute atomic E-state index is 7.51. The molecular weight excluding hydrogens is 200 g/mol. The van der Waals surface area contributed by atoms with Crippen LogP contribution >= 0.6 is 0 Å². The van der Waals surface area contributed by atoms with Crippen LogP contribution in [0.4, 0.5) is 5.82 Å². The molecule has 1 rings (SSSR count). The molecule has 3 N–H and O–H groups in total. The Morgan fingerprint density at radius 2 is 2.12 bits per heavy atom. The summed E-state index contributed by atoms with van der Waals surface area (Å²) >= 11 is 0. The molecule has 0 saturated carbocycles. The van der Waals surface area contributed by atoms with Gasteiger partial charge in [-0.2, -0.15) is 0 Å². The van der Waals surface area contributed by atoms with Crippen molar-refractivity contribution < 1.29 is 0 Å². The summed E-state index contributed by atoms with van der Waals surface area (Å²) in [7, 11) is 1.97. The van der Waals surface area contributed by atoms with Crippen molar-refractivity contribution >= 4 is 11.7 Å². The predicted molar refractivity (Wildman–Crippen MR) is 68.0 cm³/mol. The van der Waals surface area contributed by atoms with Crippen LogP contribution in [-0.2, 0) is 0 Å². The molecule has 1 aromatic heterocycles. The summed E-state index contributed by atoms with van der Waals surface area (Å²) < 4.78 is 0. The van der Waals surface area contributed by atoms with Gasteiger partial charge in [-0.3, -0.25) is 5.41 Å². The van der Waals surface area contributed by atoms with Gasteiger partial charge in [0, 0.05) is 19.8 Å². The Morgan fingerprint density at radius 3 is 2.62 bits per heavy atom. The molecule has 4 heteroatoms. The van der Waals surface area contributed by atoms with E-state index in [-0.39, 0.29) is 11.3 Å². The van der Waals surface area contributed by atoms with Gasteiger partial charge in [0.25, 0.3) is 0 Å². The van der Waals surface area contributed by atoms with Crippen molar-refractivity contribution in [3.63, 3.8) is 0 Å². The number of nitrogens with one attached hydrogen (secondary N) is 1. The number of hydrogen-bond acceptors (Lipinski definition) is 3. The minimum atomic E-state index is 0.0591. The Balaban J connectivity index is 2.99. The summed E-state index contributed by atoms with van der Waals surface area (Å²) in [6.07, 6.45) is 1.72. The minimum Gasteiger partial charge on any atom is -0.384 e. The fourth-order valence-corrected chi connectivity index (χ4v) is 1.70. The fraction of sp³-hybridized carbons (Fsp3) is 0.500. The number of rotatable bonds is 3. The van der Waals surface area contributed by atoms with Crippen LogP contribution in [0.5, 0.6) is 0 Å². The van der Waals surface area contributed by atoms with Crippen LogP contribution < -0.4 is 10.6 Å². The molecular formula is C12H20N4. The first-order chi connectivity index (χ1) is 7.31. The minimum absolute atomic E-state index is 0.0591. The summed E-state index contributed by atoms with van der Waals surface area (Å²) in [6.45, 7) is 7.37. The quantitative estimate of drug-likeness (QED) is 0.603. The van der Waals surface area contributed by atoms with Gasteiger partial charge in [0.1, 0.15) is 11.7 Å². The number of anilines is 1. The summed E-state index contributed by atoms with van der Waals surface area (Å²) in [6, 6.07) is 3.62. The van der Waals surface area contributed by atoms with Gasteiger partial charge in [0.2, 0.25) is 0 Å². The van der Waals surface area contributed by atoms with E-state index in [2.05, 4.69) is 25.8 Å². The lowest BCUT2D eigenvalue weighted by Crippen LogP contribution is -2.31. The SMILES string of the molecule is CN(CC(C)(C)C)c1ncccc1C(=N)N. The second kappa shape index (κ2) is 4.51. The van der Waals surface area contributed by atoms with Crippen molar-refractivity contribution in [2.24, 2.45) is 11.1 Å². The van der Waals surface area contributed by atoms with Gasteiger partial charge in [-0.15, -0.1) is 0 Å². The van der Waals surface area contributed by atoms with Crippen LogP contribution in [0.1, 0.15) is 26.3 Å². The highest BCUT2D eigenvalue weighted by molar-refractivity contribution is 5.99. The van der Waals surface area contributed by atoms with Gasteiger partial charge in [-0.25, -0.2) is 4.98 Å². The van der Waals surface area contributed by atoms with Gasteiger partial charge in [0.15, 0.2) is 0 Å². The first-order valence-electron chi connectivity index (χ1n) is 5.32. The van der Waals surface area contributed by atoms with E-state index in [1.807, 2.05) is 18.0 Å². The van der Waals surface area contributed by atoms with Crippen LogP contribution in [0, 0.1) is 10.8 Å². The third-order valence-electron chi connectivity index (χ3n) is 2.15. The number of aromatic nitrogens is 1. The molecule has 0 aliphatic heterocycles. The number of nitrogens with zero attached hydrogens (tertiary/aromatic N) is 2. The first-order valence-corrected chi connectivity index (χ1v) is 5.32. The highest BCUT2D eigenvalue weighted by Crippen LogP contribution is 2.21. The zero-order chi connectivity index (χ0) is 12.3. The van der Waals surface area contributed by atoms with Crippen molar-refractivity contribution in [3.8, 4) is 0 Å². The number of nitrogen functional groups attached to an aromatic ring is 1. The van der Waals surface area contributed by atoms with E-state index in [4.69, 9.17) is 11.1 Å². The van der Waals surface area contributed by atoms with Crippen LogP contribution in [0.15, 0.2) is 18.3 Å². The number of hydrogen-bond donors (Lipinski definition) is 2. The lowest BCUT2D eigenvalue weighted by Gasteiger charge is -2.28. The fourth-order valence-electron chi connectivity index (χ4n) is 1.70. The summed E-state index contributed by atoms with van der Waals surface area (Å²) in [5, 5.41) is 7.51. The third kappa shape index (κ3) is 3.22. The number of nitrogens with two attached hydrogens (primary N) is 1. The van der Waals surface area contributed by atoms with Crippen LogP contribution in [0.3, 0.4) is 0 Å². The van der Waals surface area contributed by atoms with Gasteiger partial charge < -0.3 is 10.6 Å². The van der Waals surface area contributed by atoms with Crippen molar-refractivity contribution in [2.75, 3.05) is 18.5 Å². The summed E-state index contributed by atoms with van der Waals surface area (Å²) in [5.41, 5.74) is 6.40. The maximum Gasteiger partial charge on any atom is 0.139 e. The maximum atomic E-state index is 7.51. The summed E-state index contributed by atoms with van der Waals surface area (Å²) in [5.74, 6) is 0.828. The molecule has 0 bridgehead atoms. The molecule has 0 radical (unpaired) electrons. The molecule has 88 valence electrons. The van der Waals surface area contributed by atoms with E-state index in [0.717, 1.165) is 12.4 Å². The molecule has 0 spiro atoms. The number of amidine groups is 1. The molecule has 16 heavy (non-hydrogen) atoms. The molecule has 0 saturated heterocycles. The van der Waals surface area contributed by atoms with Crippen LogP contribution in [0.25, 0.3) is 0 Å². The Labute approximate surface area is 97.0 Å². The van der Waals surface area contributed by atoms with Gasteiger partial charge in [-0.05, 0) is 17.5 Å². The van der Waals surface area contributed by atoms with Gasteiger partial charge in [0.05, 0.1) is 5.56 Å². The lowest BCUT2D eigenvalue weighted by molar-refractivity contribution is 0.418. The van der Waals surface area contributed by atoms with Crippen molar-refractivity contribution in [2.45, 2.75) is 20.8 Å². The normalized spacial score (nSPS) is 11.2. The average Bonchev–Trinajstić information content (AvgIpc) is 2.15. The Kier molecular flexibility index (Phi) is 3.52. The zero-order valence-corrected chi connectivity index (χ0v) is 10.4. The van der Waals surface area contributed by atoms with Crippen LogP contribution in [0.2, 0.25) is 0 Å². The highest BCUT2D eigenvalue weighted by Gasteiger charge is 2.17.